The monoisotopic (exact) mass is 211 g/mol. The maximum Gasteiger partial charge on any atom is 0.152 e. The first-order valence-corrected chi connectivity index (χ1v) is 4.40. The van der Waals surface area contributed by atoms with E-state index in [1.165, 1.54) is 5.56 Å². The molecule has 0 unspecified atom stereocenters. The zero-order chi connectivity index (χ0) is 7.68. The van der Waals surface area contributed by atoms with E-state index in [2.05, 4.69) is 20.9 Å². The molecule has 0 N–H and O–H groups in total. The fourth-order valence-corrected chi connectivity index (χ4v) is 1.47. The van der Waals surface area contributed by atoms with Crippen molar-refractivity contribution in [3.05, 3.63) is 30.3 Å². The van der Waals surface area contributed by atoms with E-state index in [4.69, 9.17) is 4.42 Å². The molecule has 56 valence electrons. The lowest BCUT2D eigenvalue weighted by atomic mass is 10.2. The Morgan fingerprint density at radius 3 is 3.27 bits per heavy atom. The van der Waals surface area contributed by atoms with Crippen molar-refractivity contribution in [1.29, 1.82) is 0 Å². The Hall–Kier alpha value is -0.830. The van der Waals surface area contributed by atoms with Crippen molar-refractivity contribution in [2.24, 2.45) is 0 Å². The highest BCUT2D eigenvalue weighted by Gasteiger charge is 2.02. The van der Waals surface area contributed by atoms with E-state index < -0.39 is 0 Å². The van der Waals surface area contributed by atoms with Crippen LogP contribution in [0.3, 0.4) is 0 Å². The second kappa shape index (κ2) is 2.66. The number of hydrogen-bond acceptors (Lipinski definition) is 2. The zero-order valence-corrected chi connectivity index (χ0v) is 7.34. The summed E-state index contributed by atoms with van der Waals surface area (Å²) in [5.41, 5.74) is 2.02. The van der Waals surface area contributed by atoms with Gasteiger partial charge in [-0.25, -0.2) is 0 Å². The van der Waals surface area contributed by atoms with Gasteiger partial charge in [0.2, 0.25) is 0 Å². The summed E-state index contributed by atoms with van der Waals surface area (Å²) in [6.07, 6.45) is 5.24. The number of rotatable bonds is 1. The Morgan fingerprint density at radius 2 is 2.45 bits per heavy atom. The summed E-state index contributed by atoms with van der Waals surface area (Å²) in [7, 11) is 0. The highest BCUT2D eigenvalue weighted by Crippen LogP contribution is 2.21. The lowest BCUT2D eigenvalue weighted by molar-refractivity contribution is 0.611. The van der Waals surface area contributed by atoms with E-state index in [-0.39, 0.29) is 0 Å². The van der Waals surface area contributed by atoms with Gasteiger partial charge in [-0.3, -0.25) is 4.98 Å². The molecular formula is C8H6BrNO. The summed E-state index contributed by atoms with van der Waals surface area (Å²) in [6.45, 7) is 0. The molecule has 0 aliphatic heterocycles. The molecule has 0 saturated heterocycles. The number of hydrogen-bond donors (Lipinski definition) is 0. The van der Waals surface area contributed by atoms with Gasteiger partial charge in [0.05, 0.1) is 12.5 Å². The topological polar surface area (TPSA) is 26.0 Å². The van der Waals surface area contributed by atoms with Gasteiger partial charge in [-0.05, 0) is 6.07 Å². The van der Waals surface area contributed by atoms with Crippen LogP contribution in [0, 0.1) is 0 Å². The third-order valence-corrected chi connectivity index (χ3v) is 2.21. The van der Waals surface area contributed by atoms with Crippen LogP contribution in [0.5, 0.6) is 0 Å². The van der Waals surface area contributed by atoms with Gasteiger partial charge in [-0.1, -0.05) is 15.9 Å². The van der Waals surface area contributed by atoms with Crippen LogP contribution in [0.1, 0.15) is 5.56 Å². The predicted octanol–water partition coefficient (Wildman–Crippen LogP) is 2.72. The lowest BCUT2D eigenvalue weighted by Crippen LogP contribution is -1.72. The summed E-state index contributed by atoms with van der Waals surface area (Å²) in [5.74, 6) is 0. The second-order valence-corrected chi connectivity index (χ2v) is 2.83. The van der Waals surface area contributed by atoms with Crippen molar-refractivity contribution in [3.63, 3.8) is 0 Å². The Bertz CT molecular complexity index is 369. The molecule has 2 heterocycles. The van der Waals surface area contributed by atoms with Gasteiger partial charge >= 0.3 is 0 Å². The zero-order valence-electron chi connectivity index (χ0n) is 5.75. The molecule has 3 heteroatoms. The van der Waals surface area contributed by atoms with Crippen LogP contribution in [0.4, 0.5) is 0 Å². The average Bonchev–Trinajstić information content (AvgIpc) is 2.47. The lowest BCUT2D eigenvalue weighted by Gasteiger charge is -1.87. The predicted molar refractivity (Wildman–Crippen MR) is 46.6 cm³/mol. The molecule has 0 radical (unpaired) electrons. The molecule has 0 spiro atoms. The molecule has 2 nitrogen and oxygen atoms in total. The first kappa shape index (κ1) is 6.85. The molecule has 0 bridgehead atoms. The van der Waals surface area contributed by atoms with Crippen molar-refractivity contribution in [1.82, 2.24) is 4.98 Å². The largest absolute Gasteiger partial charge is 0.462 e. The first-order valence-electron chi connectivity index (χ1n) is 3.28. The van der Waals surface area contributed by atoms with Crippen LogP contribution in [0.15, 0.2) is 29.1 Å². The van der Waals surface area contributed by atoms with Gasteiger partial charge in [0, 0.05) is 22.5 Å². The third-order valence-electron chi connectivity index (χ3n) is 1.60. The minimum absolute atomic E-state index is 0.823. The van der Waals surface area contributed by atoms with E-state index in [0.29, 0.717) is 0 Å². The minimum Gasteiger partial charge on any atom is -0.462 e. The van der Waals surface area contributed by atoms with Gasteiger partial charge in [-0.15, -0.1) is 0 Å². The van der Waals surface area contributed by atoms with Gasteiger partial charge in [0.25, 0.3) is 0 Å². The third kappa shape index (κ3) is 1.05. The van der Waals surface area contributed by atoms with E-state index >= 15 is 0 Å². The Labute approximate surface area is 72.4 Å². The van der Waals surface area contributed by atoms with Gasteiger partial charge in [0.15, 0.2) is 5.58 Å². The number of halogens is 1. The fourth-order valence-electron chi connectivity index (χ4n) is 1.04. The number of furan rings is 1. The Balaban J connectivity index is 2.76. The van der Waals surface area contributed by atoms with Crippen molar-refractivity contribution >= 4 is 26.9 Å². The average molecular weight is 212 g/mol. The number of pyridine rings is 1. The molecular weight excluding hydrogens is 206 g/mol. The summed E-state index contributed by atoms with van der Waals surface area (Å²) in [4.78, 5) is 3.95. The Morgan fingerprint density at radius 1 is 1.55 bits per heavy atom. The summed E-state index contributed by atoms with van der Waals surface area (Å²) in [5, 5.41) is 1.96. The van der Waals surface area contributed by atoms with E-state index in [0.717, 1.165) is 16.3 Å². The molecule has 11 heavy (non-hydrogen) atoms. The SMILES string of the molecule is BrCc1coc2cnccc12. The molecule has 0 atom stereocenters. The van der Waals surface area contributed by atoms with Gasteiger partial charge in [0.1, 0.15) is 0 Å². The van der Waals surface area contributed by atoms with Crippen molar-refractivity contribution in [3.8, 4) is 0 Å². The van der Waals surface area contributed by atoms with E-state index in [1.807, 2.05) is 6.07 Å². The van der Waals surface area contributed by atoms with Crippen LogP contribution in [0.25, 0.3) is 11.0 Å². The fraction of sp³-hybridized carbons (Fsp3) is 0.125. The van der Waals surface area contributed by atoms with E-state index in [9.17, 15) is 0 Å². The standard InChI is InChI=1S/C8H6BrNO/c9-3-6-5-11-8-4-10-2-1-7(6)8/h1-2,4-5H,3H2. The smallest absolute Gasteiger partial charge is 0.152 e. The summed E-state index contributed by atoms with van der Waals surface area (Å²) in [6, 6.07) is 1.95. The highest BCUT2D eigenvalue weighted by atomic mass is 79.9. The first-order chi connectivity index (χ1) is 5.42. The molecule has 0 aliphatic rings. The van der Waals surface area contributed by atoms with Crippen molar-refractivity contribution in [2.75, 3.05) is 0 Å². The maximum atomic E-state index is 5.25. The molecule has 0 fully saturated rings. The molecule has 0 amide bonds. The van der Waals surface area contributed by atoms with Crippen LogP contribution in [-0.2, 0) is 5.33 Å². The Kier molecular flexibility index (Phi) is 1.66. The summed E-state index contributed by atoms with van der Waals surface area (Å²) < 4.78 is 5.25. The molecule has 0 aliphatic carbocycles. The minimum atomic E-state index is 0.823. The maximum absolute atomic E-state index is 5.25. The molecule has 0 aromatic carbocycles. The molecule has 2 aromatic heterocycles. The van der Waals surface area contributed by atoms with Gasteiger partial charge < -0.3 is 4.42 Å². The molecule has 2 rings (SSSR count). The van der Waals surface area contributed by atoms with Crippen LogP contribution < -0.4 is 0 Å². The van der Waals surface area contributed by atoms with Gasteiger partial charge in [-0.2, -0.15) is 0 Å². The normalized spacial score (nSPS) is 10.6. The number of fused-ring (bicyclic) bond motifs is 1. The molecule has 2 aromatic rings. The highest BCUT2D eigenvalue weighted by molar-refractivity contribution is 9.08. The van der Waals surface area contributed by atoms with Crippen LogP contribution in [0.2, 0.25) is 0 Å². The molecule has 0 saturated carbocycles. The van der Waals surface area contributed by atoms with Crippen LogP contribution >= 0.6 is 15.9 Å². The summed E-state index contributed by atoms with van der Waals surface area (Å²) >= 11 is 3.38. The number of alkyl halides is 1. The van der Waals surface area contributed by atoms with Crippen molar-refractivity contribution in [2.45, 2.75) is 5.33 Å². The number of aromatic nitrogens is 1. The number of nitrogens with zero attached hydrogens (tertiary/aromatic N) is 1. The quantitative estimate of drug-likeness (QED) is 0.679. The van der Waals surface area contributed by atoms with E-state index in [1.54, 1.807) is 18.7 Å². The van der Waals surface area contributed by atoms with Crippen molar-refractivity contribution < 1.29 is 4.42 Å². The van der Waals surface area contributed by atoms with Crippen LogP contribution in [-0.4, -0.2) is 4.98 Å². The second-order valence-electron chi connectivity index (χ2n) is 2.27.